The Kier molecular flexibility index (Phi) is 16.5. The van der Waals surface area contributed by atoms with Gasteiger partial charge >= 0.3 is 0 Å². The summed E-state index contributed by atoms with van der Waals surface area (Å²) in [7, 11) is -4.10. The summed E-state index contributed by atoms with van der Waals surface area (Å²) in [5.41, 5.74) is 0.730. The van der Waals surface area contributed by atoms with Crippen molar-refractivity contribution in [2.45, 2.75) is 108 Å². The molecule has 0 unspecified atom stereocenters. The van der Waals surface area contributed by atoms with Gasteiger partial charge in [0.2, 0.25) is 0 Å². The number of hydrogen-bond donors (Lipinski definition) is 1. The van der Waals surface area contributed by atoms with Gasteiger partial charge in [0.15, 0.2) is 0 Å². The standard InChI is InChI=1S/C22H38O3S.Li/c1-2-3-4-5-6-7-8-9-10-11-12-13-14-15-18-21-19-16-17-20-22(21)26(23,24)25;/h16-17,19-20H,2-15,18H2,1H3,(H,23,24,25);. The average molecular weight is 390 g/mol. The second-order valence-electron chi connectivity index (χ2n) is 7.43. The summed E-state index contributed by atoms with van der Waals surface area (Å²) >= 11 is 0. The molecule has 3 nitrogen and oxygen atoms in total. The molecule has 0 aromatic heterocycles. The van der Waals surface area contributed by atoms with Gasteiger partial charge in [-0.15, -0.1) is 0 Å². The molecule has 0 aliphatic rings. The van der Waals surface area contributed by atoms with E-state index in [1.807, 2.05) is 6.07 Å². The summed E-state index contributed by atoms with van der Waals surface area (Å²) in [6.45, 7) is 2.26. The maximum absolute atomic E-state index is 11.4. The van der Waals surface area contributed by atoms with Gasteiger partial charge in [-0.25, -0.2) is 0 Å². The molecule has 27 heavy (non-hydrogen) atoms. The number of hydrogen-bond acceptors (Lipinski definition) is 2. The normalized spacial score (nSPS) is 11.3. The molecule has 1 aromatic rings. The van der Waals surface area contributed by atoms with E-state index in [0.29, 0.717) is 6.42 Å². The van der Waals surface area contributed by atoms with Gasteiger partial charge in [-0.05, 0) is 24.5 Å². The third-order valence-electron chi connectivity index (χ3n) is 5.05. The summed E-state index contributed by atoms with van der Waals surface area (Å²) in [5, 5.41) is 0. The predicted octanol–water partition coefficient (Wildman–Crippen LogP) is 6.58. The molecule has 0 aliphatic heterocycles. The van der Waals surface area contributed by atoms with Gasteiger partial charge in [-0.1, -0.05) is 109 Å². The van der Waals surface area contributed by atoms with Gasteiger partial charge in [0.25, 0.3) is 10.1 Å². The van der Waals surface area contributed by atoms with Gasteiger partial charge < -0.3 is 0 Å². The van der Waals surface area contributed by atoms with E-state index < -0.39 is 10.1 Å². The minimum atomic E-state index is -4.10. The van der Waals surface area contributed by atoms with Crippen LogP contribution < -0.4 is 0 Å². The Labute approximate surface area is 179 Å². The van der Waals surface area contributed by atoms with Gasteiger partial charge in [0.05, 0.1) is 4.90 Å². The fraction of sp³-hybridized carbons (Fsp3) is 0.727. The van der Waals surface area contributed by atoms with E-state index >= 15 is 0 Å². The molecule has 0 amide bonds. The maximum atomic E-state index is 11.4. The minimum Gasteiger partial charge on any atom is -0.282 e. The molecule has 0 fully saturated rings. The van der Waals surface area contributed by atoms with Crippen LogP contribution in [0.1, 0.15) is 102 Å². The second-order valence-corrected chi connectivity index (χ2v) is 8.82. The molecule has 0 saturated carbocycles. The zero-order chi connectivity index (χ0) is 19.1. The fourth-order valence-electron chi connectivity index (χ4n) is 3.47. The summed E-state index contributed by atoms with van der Waals surface area (Å²) in [6.07, 6.45) is 19.1. The molecular formula is C22H38LiO3S. The van der Waals surface area contributed by atoms with Crippen molar-refractivity contribution in [1.29, 1.82) is 0 Å². The maximum Gasteiger partial charge on any atom is 0.294 e. The summed E-state index contributed by atoms with van der Waals surface area (Å²) in [6, 6.07) is 6.76. The van der Waals surface area contributed by atoms with Crippen molar-refractivity contribution in [2.75, 3.05) is 0 Å². The Hall–Kier alpha value is -0.273. The van der Waals surface area contributed by atoms with Crippen molar-refractivity contribution in [2.24, 2.45) is 0 Å². The Balaban J connectivity index is 0.00000676. The van der Waals surface area contributed by atoms with Crippen molar-refractivity contribution >= 4 is 29.0 Å². The molecule has 0 aliphatic carbocycles. The first-order valence-electron chi connectivity index (χ1n) is 10.6. The molecule has 151 valence electrons. The van der Waals surface area contributed by atoms with E-state index in [1.54, 1.807) is 12.1 Å². The third-order valence-corrected chi connectivity index (χ3v) is 6.00. The molecule has 0 saturated heterocycles. The quantitative estimate of drug-likeness (QED) is 0.197. The van der Waals surface area contributed by atoms with Crippen molar-refractivity contribution in [1.82, 2.24) is 0 Å². The monoisotopic (exact) mass is 389 g/mol. The Morgan fingerprint density at radius 3 is 1.56 bits per heavy atom. The number of rotatable bonds is 16. The van der Waals surface area contributed by atoms with Crippen LogP contribution in [0.15, 0.2) is 29.2 Å². The Morgan fingerprint density at radius 2 is 1.11 bits per heavy atom. The van der Waals surface area contributed by atoms with E-state index in [9.17, 15) is 13.0 Å². The molecular weight excluding hydrogens is 351 g/mol. The molecule has 1 N–H and O–H groups in total. The van der Waals surface area contributed by atoms with Crippen LogP contribution in [0.3, 0.4) is 0 Å². The zero-order valence-corrected chi connectivity index (χ0v) is 18.4. The summed E-state index contributed by atoms with van der Waals surface area (Å²) in [5.74, 6) is 0. The van der Waals surface area contributed by atoms with Gasteiger partial charge in [0, 0.05) is 18.9 Å². The largest absolute Gasteiger partial charge is 0.294 e. The van der Waals surface area contributed by atoms with Crippen LogP contribution in [0.4, 0.5) is 0 Å². The van der Waals surface area contributed by atoms with Crippen molar-refractivity contribution < 1.29 is 13.0 Å². The molecule has 1 radical (unpaired) electrons. The number of aryl methyl sites for hydroxylation is 1. The minimum absolute atomic E-state index is 0. The number of benzene rings is 1. The molecule has 0 bridgehead atoms. The van der Waals surface area contributed by atoms with E-state index in [-0.39, 0.29) is 23.8 Å². The Bertz CT molecular complexity index is 573. The zero-order valence-electron chi connectivity index (χ0n) is 17.6. The SMILES string of the molecule is CCCCCCCCCCCCCCCCc1ccccc1S(=O)(=O)O.[Li]. The first-order valence-corrected chi connectivity index (χ1v) is 12.0. The van der Waals surface area contributed by atoms with E-state index in [2.05, 4.69) is 6.92 Å². The molecule has 5 heteroatoms. The van der Waals surface area contributed by atoms with E-state index in [4.69, 9.17) is 0 Å². The topological polar surface area (TPSA) is 54.4 Å². The predicted molar refractivity (Wildman–Crippen MR) is 116 cm³/mol. The fourth-order valence-corrected chi connectivity index (χ4v) is 4.22. The van der Waals surface area contributed by atoms with Gasteiger partial charge in [0.1, 0.15) is 0 Å². The van der Waals surface area contributed by atoms with E-state index in [1.165, 1.54) is 83.1 Å². The van der Waals surface area contributed by atoms with Crippen LogP contribution >= 0.6 is 0 Å². The first-order chi connectivity index (χ1) is 12.6. The average Bonchev–Trinajstić information content (AvgIpc) is 2.61. The molecule has 0 atom stereocenters. The van der Waals surface area contributed by atoms with E-state index in [0.717, 1.165) is 18.4 Å². The van der Waals surface area contributed by atoms with Crippen LogP contribution in [0.5, 0.6) is 0 Å². The van der Waals surface area contributed by atoms with Crippen molar-refractivity contribution in [3.63, 3.8) is 0 Å². The summed E-state index contributed by atoms with van der Waals surface area (Å²) < 4.78 is 32.0. The van der Waals surface area contributed by atoms with Crippen LogP contribution in [0.25, 0.3) is 0 Å². The molecule has 1 rings (SSSR count). The Morgan fingerprint density at radius 1 is 0.704 bits per heavy atom. The molecule has 0 heterocycles. The van der Waals surface area contributed by atoms with Crippen LogP contribution in [-0.4, -0.2) is 31.8 Å². The van der Waals surface area contributed by atoms with Crippen molar-refractivity contribution in [3.05, 3.63) is 29.8 Å². The van der Waals surface area contributed by atoms with Gasteiger partial charge in [-0.2, -0.15) is 8.42 Å². The smallest absolute Gasteiger partial charge is 0.282 e. The van der Waals surface area contributed by atoms with Crippen molar-refractivity contribution in [3.8, 4) is 0 Å². The van der Waals surface area contributed by atoms with Gasteiger partial charge in [-0.3, -0.25) is 4.55 Å². The second kappa shape index (κ2) is 16.7. The molecule has 1 aromatic carbocycles. The first kappa shape index (κ1) is 26.7. The molecule has 0 spiro atoms. The van der Waals surface area contributed by atoms with Crippen LogP contribution in [0.2, 0.25) is 0 Å². The number of unbranched alkanes of at least 4 members (excludes halogenated alkanes) is 13. The van der Waals surface area contributed by atoms with Crippen LogP contribution in [0, 0.1) is 0 Å². The summed E-state index contributed by atoms with van der Waals surface area (Å²) in [4.78, 5) is 0.0645. The van der Waals surface area contributed by atoms with Crippen LogP contribution in [-0.2, 0) is 16.5 Å². The third kappa shape index (κ3) is 13.5.